The molecule has 0 aliphatic rings. The lowest BCUT2D eigenvalue weighted by Crippen LogP contribution is -2.09. The van der Waals surface area contributed by atoms with E-state index in [1.54, 1.807) is 12.4 Å². The monoisotopic (exact) mass is 350 g/mol. The Kier molecular flexibility index (Phi) is 5.01. The van der Waals surface area contributed by atoms with Crippen molar-refractivity contribution in [1.82, 2.24) is 19.1 Å². The minimum absolute atomic E-state index is 0.0605. The van der Waals surface area contributed by atoms with Gasteiger partial charge in [0, 0.05) is 37.9 Å². The minimum Gasteiger partial charge on any atom is -0.328 e. The minimum atomic E-state index is -4.13. The molecule has 0 unspecified atom stereocenters. The second kappa shape index (κ2) is 6.45. The van der Waals surface area contributed by atoms with Gasteiger partial charge in [-0.2, -0.15) is 0 Å². The molecule has 12 heteroatoms. The first-order chi connectivity index (χ1) is 10.2. The number of hydrogen-bond donors (Lipinski definition) is 4. The largest absolute Gasteiger partial charge is 0.328 e. The van der Waals surface area contributed by atoms with Crippen LogP contribution in [0.2, 0.25) is 0 Å². The van der Waals surface area contributed by atoms with Crippen molar-refractivity contribution in [2.45, 2.75) is 13.1 Å². The summed E-state index contributed by atoms with van der Waals surface area (Å²) in [5.74, 6) is 0.758. The molecule has 0 atom stereocenters. The fourth-order valence-electron chi connectivity index (χ4n) is 1.87. The molecule has 0 aromatic carbocycles. The molecule has 0 aliphatic carbocycles. The van der Waals surface area contributed by atoms with E-state index in [1.165, 1.54) is 21.5 Å². The lowest BCUT2D eigenvalue weighted by molar-refractivity contribution is 0.367. The van der Waals surface area contributed by atoms with Crippen LogP contribution in [-0.2, 0) is 22.2 Å². The average molecular weight is 350 g/mol. The lowest BCUT2D eigenvalue weighted by Gasteiger charge is -2.11. The molecule has 22 heavy (non-hydrogen) atoms. The number of imidazole rings is 2. The molecule has 2 rings (SSSR count). The van der Waals surface area contributed by atoms with Crippen LogP contribution in [0.15, 0.2) is 24.8 Å². The van der Waals surface area contributed by atoms with Gasteiger partial charge in [-0.15, -0.1) is 0 Å². The number of rotatable bonds is 7. The number of nitrogens with zero attached hydrogens (tertiary/aromatic N) is 4. The van der Waals surface area contributed by atoms with Crippen molar-refractivity contribution in [3.05, 3.63) is 24.8 Å². The predicted molar refractivity (Wildman–Crippen MR) is 77.3 cm³/mol. The summed E-state index contributed by atoms with van der Waals surface area (Å²) < 4.78 is 25.0. The highest BCUT2D eigenvalue weighted by atomic mass is 31.2. The third-order valence-electron chi connectivity index (χ3n) is 2.90. The molecule has 0 saturated heterocycles. The zero-order valence-electron chi connectivity index (χ0n) is 11.4. The van der Waals surface area contributed by atoms with Crippen LogP contribution in [0.1, 0.15) is 0 Å². The van der Waals surface area contributed by atoms with Gasteiger partial charge in [0.15, 0.2) is 11.6 Å². The predicted octanol–water partition coefficient (Wildman–Crippen LogP) is 0.102. The van der Waals surface area contributed by atoms with Crippen LogP contribution in [-0.4, -0.2) is 51.0 Å². The average Bonchev–Trinajstić information content (AvgIpc) is 3.00. The van der Waals surface area contributed by atoms with Crippen LogP contribution < -0.4 is 0 Å². The van der Waals surface area contributed by atoms with Gasteiger partial charge in [0.2, 0.25) is 0 Å². The first-order valence-electron chi connectivity index (χ1n) is 6.27. The van der Waals surface area contributed by atoms with Crippen molar-refractivity contribution in [3.63, 3.8) is 0 Å². The van der Waals surface area contributed by atoms with E-state index in [9.17, 15) is 9.13 Å². The van der Waals surface area contributed by atoms with Gasteiger partial charge >= 0.3 is 15.2 Å². The topological polar surface area (TPSA) is 151 Å². The second-order valence-corrected chi connectivity index (χ2v) is 8.22. The molecular weight excluding hydrogens is 334 g/mol. The molecule has 0 amide bonds. The van der Waals surface area contributed by atoms with E-state index in [1.807, 2.05) is 0 Å². The summed E-state index contributed by atoms with van der Waals surface area (Å²) in [4.78, 5) is 43.9. The standard InChI is InChI=1S/C10H16N4O6P2/c15-21(16,17)7-5-13-3-1-11-9(13)10-12-2-4-14(10)6-8-22(18,19)20/h1-4H,5-8H2,(H2,15,16,17)(H2,18,19,20). The van der Waals surface area contributed by atoms with E-state index in [4.69, 9.17) is 19.6 Å². The molecule has 0 saturated carbocycles. The Morgan fingerprint density at radius 1 is 0.818 bits per heavy atom. The maximum Gasteiger partial charge on any atom is 0.327 e. The normalized spacial score (nSPS) is 12.7. The zero-order valence-corrected chi connectivity index (χ0v) is 13.2. The van der Waals surface area contributed by atoms with Gasteiger partial charge in [-0.1, -0.05) is 0 Å². The molecule has 2 heterocycles. The highest BCUT2D eigenvalue weighted by Crippen LogP contribution is 2.35. The van der Waals surface area contributed by atoms with Gasteiger partial charge in [0.05, 0.1) is 12.3 Å². The number of aromatic nitrogens is 4. The van der Waals surface area contributed by atoms with Crippen molar-refractivity contribution < 1.29 is 28.7 Å². The van der Waals surface area contributed by atoms with Crippen LogP contribution in [0.25, 0.3) is 11.6 Å². The Morgan fingerprint density at radius 3 is 1.50 bits per heavy atom. The summed E-state index contributed by atoms with van der Waals surface area (Å²) in [6, 6.07) is 0. The molecule has 0 aliphatic heterocycles. The Hall–Kier alpha value is -1.28. The van der Waals surface area contributed by atoms with E-state index in [0.29, 0.717) is 11.6 Å². The maximum atomic E-state index is 11.0. The zero-order chi connectivity index (χ0) is 16.4. The molecule has 0 fully saturated rings. The van der Waals surface area contributed by atoms with Crippen LogP contribution >= 0.6 is 15.2 Å². The summed E-state index contributed by atoms with van der Waals surface area (Å²) in [6.45, 7) is 0.121. The van der Waals surface area contributed by atoms with Crippen LogP contribution in [0.5, 0.6) is 0 Å². The van der Waals surface area contributed by atoms with Crippen molar-refractivity contribution >= 4 is 15.2 Å². The first-order valence-corrected chi connectivity index (χ1v) is 9.87. The second-order valence-electron chi connectivity index (χ2n) is 4.67. The Morgan fingerprint density at radius 2 is 1.18 bits per heavy atom. The summed E-state index contributed by atoms with van der Waals surface area (Å²) in [6.07, 6.45) is 5.40. The first kappa shape index (κ1) is 17.1. The fourth-order valence-corrected chi connectivity index (χ4v) is 2.82. The van der Waals surface area contributed by atoms with E-state index < -0.39 is 15.2 Å². The lowest BCUT2D eigenvalue weighted by atomic mass is 10.5. The van der Waals surface area contributed by atoms with Crippen molar-refractivity contribution in [2.24, 2.45) is 0 Å². The fraction of sp³-hybridized carbons (Fsp3) is 0.400. The quantitative estimate of drug-likeness (QED) is 0.513. The van der Waals surface area contributed by atoms with Crippen molar-refractivity contribution in [2.75, 3.05) is 12.3 Å². The summed E-state index contributed by atoms with van der Waals surface area (Å²) in [5, 5.41) is 0. The molecule has 0 radical (unpaired) electrons. The SMILES string of the molecule is O=P(O)(O)CCn1ccnc1-c1nccn1CCP(=O)(O)O. The van der Waals surface area contributed by atoms with Crippen LogP contribution in [0, 0.1) is 0 Å². The molecule has 2 aromatic heterocycles. The molecule has 10 nitrogen and oxygen atoms in total. The van der Waals surface area contributed by atoms with Gasteiger partial charge in [-0.3, -0.25) is 9.13 Å². The van der Waals surface area contributed by atoms with Gasteiger partial charge in [0.1, 0.15) is 0 Å². The maximum absolute atomic E-state index is 11.0. The molecule has 2 aromatic rings. The Labute approximate surface area is 125 Å². The van der Waals surface area contributed by atoms with Gasteiger partial charge in [-0.05, 0) is 0 Å². The van der Waals surface area contributed by atoms with Gasteiger partial charge in [-0.25, -0.2) is 9.97 Å². The van der Waals surface area contributed by atoms with E-state index in [2.05, 4.69) is 9.97 Å². The number of aryl methyl sites for hydroxylation is 2. The third-order valence-corrected chi connectivity index (χ3v) is 4.46. The van der Waals surface area contributed by atoms with E-state index in [-0.39, 0.29) is 25.4 Å². The summed E-state index contributed by atoms with van der Waals surface area (Å²) >= 11 is 0. The highest BCUT2D eigenvalue weighted by molar-refractivity contribution is 7.52. The van der Waals surface area contributed by atoms with Crippen LogP contribution in [0.3, 0.4) is 0 Å². The smallest absolute Gasteiger partial charge is 0.327 e. The van der Waals surface area contributed by atoms with Crippen molar-refractivity contribution in [1.29, 1.82) is 0 Å². The third kappa shape index (κ3) is 4.88. The Bertz CT molecular complexity index is 667. The molecule has 0 bridgehead atoms. The number of hydrogen-bond acceptors (Lipinski definition) is 4. The van der Waals surface area contributed by atoms with Crippen LogP contribution in [0.4, 0.5) is 0 Å². The summed E-state index contributed by atoms with van der Waals surface area (Å²) in [7, 11) is -8.26. The Balaban J connectivity index is 2.19. The van der Waals surface area contributed by atoms with E-state index in [0.717, 1.165) is 0 Å². The molecule has 122 valence electrons. The molecule has 4 N–H and O–H groups in total. The van der Waals surface area contributed by atoms with Gasteiger partial charge in [0.25, 0.3) is 0 Å². The van der Waals surface area contributed by atoms with E-state index >= 15 is 0 Å². The molecule has 0 spiro atoms. The molecular formula is C10H16N4O6P2. The van der Waals surface area contributed by atoms with Crippen molar-refractivity contribution in [3.8, 4) is 11.6 Å². The summed E-state index contributed by atoms with van der Waals surface area (Å²) in [5.41, 5.74) is 0. The van der Waals surface area contributed by atoms with Gasteiger partial charge < -0.3 is 28.7 Å². The highest BCUT2D eigenvalue weighted by Gasteiger charge is 2.18.